The van der Waals surface area contributed by atoms with Gasteiger partial charge in [-0.3, -0.25) is 9.69 Å². The molecule has 1 amide bonds. The third kappa shape index (κ3) is 2.78. The number of aromatic nitrogens is 3. The number of nitrogens with zero attached hydrogens (tertiary/aromatic N) is 4. The van der Waals surface area contributed by atoms with Crippen LogP contribution in [0.15, 0.2) is 24.3 Å². The summed E-state index contributed by atoms with van der Waals surface area (Å²) in [4.78, 5) is 17.1. The number of pyridine rings is 1. The minimum atomic E-state index is -4.46. The van der Waals surface area contributed by atoms with Crippen molar-refractivity contribution in [3.05, 3.63) is 41.6 Å². The van der Waals surface area contributed by atoms with Crippen molar-refractivity contribution >= 4 is 11.7 Å². The van der Waals surface area contributed by atoms with Crippen molar-refractivity contribution in [1.29, 1.82) is 0 Å². The zero-order valence-corrected chi connectivity index (χ0v) is 12.0. The summed E-state index contributed by atoms with van der Waals surface area (Å²) in [7, 11) is 0. The number of aryl methyl sites for hydroxylation is 1. The van der Waals surface area contributed by atoms with Gasteiger partial charge in [0.25, 0.3) is 5.91 Å². The molecule has 0 aliphatic carbocycles. The molecule has 3 heterocycles. The van der Waals surface area contributed by atoms with Crippen LogP contribution in [0, 0.1) is 12.9 Å². The molecule has 0 aromatic carbocycles. The van der Waals surface area contributed by atoms with Gasteiger partial charge in [-0.2, -0.15) is 22.7 Å². The normalized spacial score (nSPS) is 18.0. The molecule has 1 aliphatic heterocycles. The molecule has 5 nitrogen and oxygen atoms in total. The van der Waals surface area contributed by atoms with E-state index < -0.39 is 24.1 Å². The molecule has 122 valence electrons. The first-order valence-corrected chi connectivity index (χ1v) is 6.84. The maximum absolute atomic E-state index is 13.2. The zero-order chi connectivity index (χ0) is 16.8. The van der Waals surface area contributed by atoms with Crippen molar-refractivity contribution in [3.63, 3.8) is 0 Å². The summed E-state index contributed by atoms with van der Waals surface area (Å²) in [6, 6.07) is 3.33. The number of amides is 1. The van der Waals surface area contributed by atoms with E-state index in [1.807, 2.05) is 0 Å². The quantitative estimate of drug-likeness (QED) is 0.597. The fourth-order valence-corrected chi connectivity index (χ4v) is 2.60. The molecule has 0 saturated heterocycles. The number of alkyl halides is 3. The highest BCUT2D eigenvalue weighted by atomic mass is 19.4. The van der Waals surface area contributed by atoms with Gasteiger partial charge in [-0.15, -0.1) is 0 Å². The van der Waals surface area contributed by atoms with Gasteiger partial charge in [0.2, 0.25) is 5.95 Å². The number of carbonyl (C=O) groups is 1. The molecule has 3 rings (SSSR count). The van der Waals surface area contributed by atoms with Crippen LogP contribution in [0.25, 0.3) is 0 Å². The molecule has 0 spiro atoms. The van der Waals surface area contributed by atoms with Crippen LogP contribution in [0.2, 0.25) is 0 Å². The molecule has 2 aromatic rings. The Morgan fingerprint density at radius 3 is 2.74 bits per heavy atom. The lowest BCUT2D eigenvalue weighted by Gasteiger charge is -2.33. The van der Waals surface area contributed by atoms with Crippen LogP contribution in [0.1, 0.15) is 28.6 Å². The third-order valence-electron chi connectivity index (χ3n) is 3.59. The standard InChI is InChI=1S/C14H12F4N4O/c1-8-7-12-21(13(23)9-3-2-4-11(15)19-9)6-5-10(14(16,17)18)22(12)20-8/h2-4,7,10H,5-6H2,1H3/t10-/m0/s1. The fraction of sp³-hybridized carbons (Fsp3) is 0.357. The number of halogens is 4. The highest BCUT2D eigenvalue weighted by Crippen LogP contribution is 2.39. The number of anilines is 1. The Bertz CT molecular complexity index is 755. The summed E-state index contributed by atoms with van der Waals surface area (Å²) in [5, 5.41) is 3.85. The number of carbonyl (C=O) groups excluding carboxylic acids is 1. The van der Waals surface area contributed by atoms with Gasteiger partial charge in [0.15, 0.2) is 6.04 Å². The molecule has 9 heteroatoms. The smallest absolute Gasteiger partial charge is 0.291 e. The lowest BCUT2D eigenvalue weighted by atomic mass is 10.1. The maximum Gasteiger partial charge on any atom is 0.410 e. The molecule has 1 atom stereocenters. The molecule has 0 bridgehead atoms. The Morgan fingerprint density at radius 1 is 1.35 bits per heavy atom. The van der Waals surface area contributed by atoms with E-state index in [1.54, 1.807) is 6.92 Å². The van der Waals surface area contributed by atoms with Crippen molar-refractivity contribution in [2.45, 2.75) is 25.6 Å². The van der Waals surface area contributed by atoms with Crippen LogP contribution in [0.4, 0.5) is 23.4 Å². The van der Waals surface area contributed by atoms with Crippen LogP contribution in [0.3, 0.4) is 0 Å². The molecule has 0 N–H and O–H groups in total. The fourth-order valence-electron chi connectivity index (χ4n) is 2.60. The van der Waals surface area contributed by atoms with Gasteiger partial charge in [0.1, 0.15) is 11.5 Å². The average molecular weight is 328 g/mol. The summed E-state index contributed by atoms with van der Waals surface area (Å²) in [6.07, 6.45) is -4.78. The molecular weight excluding hydrogens is 316 g/mol. The lowest BCUT2D eigenvalue weighted by Crippen LogP contribution is -2.43. The molecule has 23 heavy (non-hydrogen) atoms. The maximum atomic E-state index is 13.2. The monoisotopic (exact) mass is 328 g/mol. The van der Waals surface area contributed by atoms with Crippen molar-refractivity contribution in [3.8, 4) is 0 Å². The summed E-state index contributed by atoms with van der Waals surface area (Å²) < 4.78 is 53.3. The molecule has 0 saturated carbocycles. The summed E-state index contributed by atoms with van der Waals surface area (Å²) in [5.41, 5.74) is 0.196. The van der Waals surface area contributed by atoms with E-state index in [-0.39, 0.29) is 24.5 Å². The second kappa shape index (κ2) is 5.32. The van der Waals surface area contributed by atoms with Crippen LogP contribution < -0.4 is 4.90 Å². The highest BCUT2D eigenvalue weighted by molar-refractivity contribution is 6.04. The Hall–Kier alpha value is -2.45. The minimum absolute atomic E-state index is 0.0344. The first-order chi connectivity index (χ1) is 10.8. The predicted molar refractivity (Wildman–Crippen MR) is 72.5 cm³/mol. The predicted octanol–water partition coefficient (Wildman–Crippen LogP) is 2.88. The molecule has 0 radical (unpaired) electrons. The van der Waals surface area contributed by atoms with Crippen LogP contribution >= 0.6 is 0 Å². The number of hydrogen-bond donors (Lipinski definition) is 0. The summed E-state index contributed by atoms with van der Waals surface area (Å²) in [6.45, 7) is 1.40. The Kier molecular flexibility index (Phi) is 3.57. The first-order valence-electron chi connectivity index (χ1n) is 6.84. The second-order valence-corrected chi connectivity index (χ2v) is 5.24. The zero-order valence-electron chi connectivity index (χ0n) is 12.0. The highest BCUT2D eigenvalue weighted by Gasteiger charge is 2.46. The van der Waals surface area contributed by atoms with E-state index in [1.165, 1.54) is 18.2 Å². The van der Waals surface area contributed by atoms with Crippen LogP contribution in [-0.4, -0.2) is 33.4 Å². The molecule has 0 fully saturated rings. The van der Waals surface area contributed by atoms with Gasteiger partial charge >= 0.3 is 6.18 Å². The number of fused-ring (bicyclic) bond motifs is 1. The second-order valence-electron chi connectivity index (χ2n) is 5.24. The van der Waals surface area contributed by atoms with Gasteiger partial charge < -0.3 is 0 Å². The van der Waals surface area contributed by atoms with E-state index in [0.717, 1.165) is 15.6 Å². The van der Waals surface area contributed by atoms with Crippen molar-refractivity contribution in [1.82, 2.24) is 14.8 Å². The minimum Gasteiger partial charge on any atom is -0.291 e. The third-order valence-corrected chi connectivity index (χ3v) is 3.59. The Balaban J connectivity index is 2.00. The van der Waals surface area contributed by atoms with Crippen molar-refractivity contribution in [2.24, 2.45) is 0 Å². The molecule has 1 aliphatic rings. The number of rotatable bonds is 1. The molecular formula is C14H12F4N4O. The van der Waals surface area contributed by atoms with Gasteiger partial charge in [-0.05, 0) is 25.5 Å². The van der Waals surface area contributed by atoms with E-state index >= 15 is 0 Å². The van der Waals surface area contributed by atoms with Gasteiger partial charge in [0.05, 0.1) is 5.69 Å². The van der Waals surface area contributed by atoms with E-state index in [2.05, 4.69) is 10.1 Å². The first kappa shape index (κ1) is 15.4. The largest absolute Gasteiger partial charge is 0.410 e. The summed E-state index contributed by atoms with van der Waals surface area (Å²) in [5.74, 6) is -1.45. The number of hydrogen-bond acceptors (Lipinski definition) is 3. The molecule has 0 unspecified atom stereocenters. The van der Waals surface area contributed by atoms with Crippen molar-refractivity contribution in [2.75, 3.05) is 11.4 Å². The molecule has 2 aromatic heterocycles. The van der Waals surface area contributed by atoms with E-state index in [9.17, 15) is 22.4 Å². The van der Waals surface area contributed by atoms with Crippen LogP contribution in [-0.2, 0) is 0 Å². The van der Waals surface area contributed by atoms with E-state index in [4.69, 9.17) is 0 Å². The average Bonchev–Trinajstić information content (AvgIpc) is 2.85. The topological polar surface area (TPSA) is 51.0 Å². The van der Waals surface area contributed by atoms with Gasteiger partial charge in [-0.25, -0.2) is 9.67 Å². The summed E-state index contributed by atoms with van der Waals surface area (Å²) >= 11 is 0. The Morgan fingerprint density at radius 2 is 2.09 bits per heavy atom. The SMILES string of the molecule is Cc1cc2n(n1)[C@H](C(F)(F)F)CCN2C(=O)c1cccc(F)n1. The van der Waals surface area contributed by atoms with Crippen LogP contribution in [0.5, 0.6) is 0 Å². The van der Waals surface area contributed by atoms with Gasteiger partial charge in [0, 0.05) is 12.6 Å². The van der Waals surface area contributed by atoms with E-state index in [0.29, 0.717) is 5.69 Å². The van der Waals surface area contributed by atoms with Gasteiger partial charge in [-0.1, -0.05) is 6.07 Å². The van der Waals surface area contributed by atoms with Crippen molar-refractivity contribution < 1.29 is 22.4 Å². The Labute approximate surface area is 128 Å². The lowest BCUT2D eigenvalue weighted by molar-refractivity contribution is -0.172.